The molecule has 1 N–H and O–H groups in total. The Bertz CT molecular complexity index is 949. The third-order valence-electron chi connectivity index (χ3n) is 5.63. The van der Waals surface area contributed by atoms with Gasteiger partial charge in [0.25, 0.3) is 0 Å². The van der Waals surface area contributed by atoms with Crippen molar-refractivity contribution in [1.29, 1.82) is 0 Å². The number of amides is 2. The van der Waals surface area contributed by atoms with Crippen molar-refractivity contribution in [3.8, 4) is 11.5 Å². The third-order valence-corrected chi connectivity index (χ3v) is 5.63. The van der Waals surface area contributed by atoms with Gasteiger partial charge in [-0.05, 0) is 43.4 Å². The number of halogens is 1. The van der Waals surface area contributed by atoms with E-state index in [9.17, 15) is 9.18 Å². The maximum Gasteiger partial charge on any atom is 0.321 e. The molecular weight excluding hydrogens is 453 g/mol. The summed E-state index contributed by atoms with van der Waals surface area (Å²) < 4.78 is 30.1. The highest BCUT2D eigenvalue weighted by Crippen LogP contribution is 2.24. The van der Waals surface area contributed by atoms with Crippen molar-refractivity contribution in [3.63, 3.8) is 0 Å². The molecule has 1 fully saturated rings. The van der Waals surface area contributed by atoms with Crippen LogP contribution in [-0.4, -0.2) is 52.8 Å². The van der Waals surface area contributed by atoms with Crippen molar-refractivity contribution in [2.75, 3.05) is 45.4 Å². The largest absolute Gasteiger partial charge is 0.489 e. The van der Waals surface area contributed by atoms with Crippen LogP contribution in [0, 0.1) is 11.7 Å². The van der Waals surface area contributed by atoms with E-state index in [1.807, 2.05) is 24.3 Å². The number of ether oxygens (including phenoxy) is 3. The van der Waals surface area contributed by atoms with Gasteiger partial charge in [-0.25, -0.2) is 9.18 Å². The first-order valence-corrected chi connectivity index (χ1v) is 11.9. The zero-order valence-electron chi connectivity index (χ0n) is 20.4. The number of nitrogens with zero attached hydrogens (tertiary/aromatic N) is 2. The minimum absolute atomic E-state index is 0.168. The number of carbonyl (C=O) groups excluding carboxylic acids is 1. The molecule has 2 aromatic rings. The molecule has 0 saturated carbocycles. The van der Waals surface area contributed by atoms with Gasteiger partial charge in [-0.2, -0.15) is 0 Å². The number of benzene rings is 2. The summed E-state index contributed by atoms with van der Waals surface area (Å²) in [5.41, 5.74) is 1.64. The van der Waals surface area contributed by atoms with Crippen LogP contribution in [0.1, 0.15) is 31.2 Å². The number of nitrogens with one attached hydrogen (secondary N) is 1. The van der Waals surface area contributed by atoms with Gasteiger partial charge in [-0.3, -0.25) is 4.90 Å². The molecule has 190 valence electrons. The van der Waals surface area contributed by atoms with Crippen LogP contribution in [0.2, 0.25) is 0 Å². The van der Waals surface area contributed by atoms with Crippen LogP contribution in [0.15, 0.2) is 47.6 Å². The van der Waals surface area contributed by atoms with Crippen molar-refractivity contribution in [3.05, 3.63) is 53.8 Å². The smallest absolute Gasteiger partial charge is 0.321 e. The molecule has 0 aliphatic carbocycles. The topological polar surface area (TPSA) is 81.6 Å². The number of rotatable bonds is 12. The van der Waals surface area contributed by atoms with Gasteiger partial charge in [0.1, 0.15) is 18.2 Å². The normalized spacial score (nSPS) is 14.1. The number of hydrogen-bond donors (Lipinski definition) is 1. The maximum atomic E-state index is 14.0. The number of oxime groups is 1. The number of carbonyl (C=O) groups is 1. The highest BCUT2D eigenvalue weighted by Gasteiger charge is 2.12. The first-order chi connectivity index (χ1) is 17.0. The summed E-state index contributed by atoms with van der Waals surface area (Å²) in [6, 6.07) is 11.4. The number of anilines is 1. The van der Waals surface area contributed by atoms with Gasteiger partial charge < -0.3 is 24.4 Å². The van der Waals surface area contributed by atoms with Crippen LogP contribution in [0.5, 0.6) is 11.5 Å². The van der Waals surface area contributed by atoms with Gasteiger partial charge in [-0.1, -0.05) is 17.3 Å². The molecule has 0 radical (unpaired) electrons. The van der Waals surface area contributed by atoms with Crippen molar-refractivity contribution >= 4 is 17.9 Å². The molecule has 0 atom stereocenters. The molecule has 9 heteroatoms. The minimum atomic E-state index is -0.469. The summed E-state index contributed by atoms with van der Waals surface area (Å²) in [7, 11) is 3.38. The average molecular weight is 488 g/mol. The number of unbranched alkanes of at least 4 members (excludes halogenated alkanes) is 1. The van der Waals surface area contributed by atoms with E-state index in [-0.39, 0.29) is 18.4 Å². The molecule has 1 heterocycles. The van der Waals surface area contributed by atoms with E-state index in [0.717, 1.165) is 36.9 Å². The Morgan fingerprint density at radius 3 is 2.66 bits per heavy atom. The van der Waals surface area contributed by atoms with Gasteiger partial charge in [0.15, 0.2) is 5.75 Å². The lowest BCUT2D eigenvalue weighted by Crippen LogP contribution is -2.37. The Hall–Kier alpha value is -3.17. The van der Waals surface area contributed by atoms with Gasteiger partial charge in [-0.15, -0.1) is 0 Å². The minimum Gasteiger partial charge on any atom is -0.489 e. The Morgan fingerprint density at radius 2 is 1.91 bits per heavy atom. The zero-order chi connectivity index (χ0) is 24.9. The summed E-state index contributed by atoms with van der Waals surface area (Å²) in [5, 5.41) is 6.88. The first-order valence-electron chi connectivity index (χ1n) is 11.9. The summed E-state index contributed by atoms with van der Waals surface area (Å²) in [6.07, 6.45) is 5.31. The first kappa shape index (κ1) is 26.4. The standard InChI is InChI=1S/C26H34FN3O5/c1-30(26(31)28-11-3-4-12-32-2)23-7-5-21(6-8-23)19-34-24-15-22(27)16-25(17-24)35-29-18-20-9-13-33-14-10-20/h5-8,15-18,20H,3-4,9-14,19H2,1-2H3,(H,28,31)/b29-18-. The summed E-state index contributed by atoms with van der Waals surface area (Å²) in [4.78, 5) is 19.2. The van der Waals surface area contributed by atoms with E-state index < -0.39 is 5.82 Å². The molecule has 0 spiro atoms. The molecule has 2 amide bonds. The average Bonchev–Trinajstić information content (AvgIpc) is 2.87. The van der Waals surface area contributed by atoms with Gasteiger partial charge >= 0.3 is 6.03 Å². The molecular formula is C26H34FN3O5. The van der Waals surface area contributed by atoms with Crippen LogP contribution >= 0.6 is 0 Å². The molecule has 1 saturated heterocycles. The van der Waals surface area contributed by atoms with Crippen LogP contribution < -0.4 is 19.8 Å². The Kier molecular flexibility index (Phi) is 10.8. The Balaban J connectivity index is 1.47. The Labute approximate surface area is 206 Å². The van der Waals surface area contributed by atoms with Crippen molar-refractivity contribution in [2.45, 2.75) is 32.3 Å². The monoisotopic (exact) mass is 487 g/mol. The second kappa shape index (κ2) is 14.3. The van der Waals surface area contributed by atoms with Crippen LogP contribution in [0.25, 0.3) is 0 Å². The molecule has 8 nitrogen and oxygen atoms in total. The van der Waals surface area contributed by atoms with E-state index in [0.29, 0.717) is 38.0 Å². The van der Waals surface area contributed by atoms with E-state index in [1.54, 1.807) is 31.3 Å². The van der Waals surface area contributed by atoms with E-state index in [1.165, 1.54) is 12.1 Å². The number of methoxy groups -OCH3 is 1. The van der Waals surface area contributed by atoms with Crippen LogP contribution in [-0.2, 0) is 16.1 Å². The molecule has 2 aromatic carbocycles. The molecule has 3 rings (SSSR count). The molecule has 1 aliphatic heterocycles. The van der Waals surface area contributed by atoms with Crippen molar-refractivity contribution < 1.29 is 28.2 Å². The van der Waals surface area contributed by atoms with Crippen LogP contribution in [0.3, 0.4) is 0 Å². The molecule has 1 aliphatic rings. The highest BCUT2D eigenvalue weighted by atomic mass is 19.1. The maximum absolute atomic E-state index is 14.0. The van der Waals surface area contributed by atoms with Gasteiger partial charge in [0, 0.05) is 76.5 Å². The highest BCUT2D eigenvalue weighted by molar-refractivity contribution is 5.91. The molecule has 35 heavy (non-hydrogen) atoms. The lowest BCUT2D eigenvalue weighted by molar-refractivity contribution is 0.0833. The van der Waals surface area contributed by atoms with E-state index in [2.05, 4.69) is 10.5 Å². The fourth-order valence-electron chi connectivity index (χ4n) is 3.50. The third kappa shape index (κ3) is 9.18. The van der Waals surface area contributed by atoms with Gasteiger partial charge in [0.05, 0.1) is 0 Å². The number of hydrogen-bond acceptors (Lipinski definition) is 6. The Morgan fingerprint density at radius 1 is 1.17 bits per heavy atom. The zero-order valence-corrected chi connectivity index (χ0v) is 20.4. The van der Waals surface area contributed by atoms with Crippen molar-refractivity contribution in [1.82, 2.24) is 5.32 Å². The fourth-order valence-corrected chi connectivity index (χ4v) is 3.50. The summed E-state index contributed by atoms with van der Waals surface area (Å²) in [5.74, 6) is 0.454. The summed E-state index contributed by atoms with van der Waals surface area (Å²) >= 11 is 0. The van der Waals surface area contributed by atoms with E-state index in [4.69, 9.17) is 19.0 Å². The SMILES string of the molecule is COCCCCNC(=O)N(C)c1ccc(COc2cc(F)cc(O/N=C\C3CCOCC3)c2)cc1. The van der Waals surface area contributed by atoms with Gasteiger partial charge in [0.2, 0.25) is 0 Å². The second-order valence-electron chi connectivity index (χ2n) is 8.36. The quantitative estimate of drug-likeness (QED) is 0.265. The second-order valence-corrected chi connectivity index (χ2v) is 8.36. The number of urea groups is 1. The predicted octanol–water partition coefficient (Wildman–Crippen LogP) is 4.77. The predicted molar refractivity (Wildman–Crippen MR) is 133 cm³/mol. The molecule has 0 unspecified atom stereocenters. The fraction of sp³-hybridized carbons (Fsp3) is 0.462. The lowest BCUT2D eigenvalue weighted by atomic mass is 10.0. The van der Waals surface area contributed by atoms with Crippen LogP contribution in [0.4, 0.5) is 14.9 Å². The van der Waals surface area contributed by atoms with E-state index >= 15 is 0 Å². The van der Waals surface area contributed by atoms with Crippen molar-refractivity contribution in [2.24, 2.45) is 11.1 Å². The molecule has 0 aromatic heterocycles. The lowest BCUT2D eigenvalue weighted by Gasteiger charge is -2.18. The molecule has 0 bridgehead atoms. The summed E-state index contributed by atoms with van der Waals surface area (Å²) in [6.45, 7) is 2.95.